The molecule has 0 atom stereocenters. The standard InChI is InChI=1S/C12H13ClN2O2/c1-3-16-11-4-7(2)9(13)5-8(11)10-6-12(14)17-15-10/h4-6H,3,14H2,1-2H3. The summed E-state index contributed by atoms with van der Waals surface area (Å²) in [6.07, 6.45) is 0. The van der Waals surface area contributed by atoms with Gasteiger partial charge in [-0.15, -0.1) is 0 Å². The number of benzene rings is 1. The quantitative estimate of drug-likeness (QED) is 0.911. The predicted octanol–water partition coefficient (Wildman–Crippen LogP) is 3.28. The van der Waals surface area contributed by atoms with Crippen molar-refractivity contribution >= 4 is 17.5 Å². The number of nitrogen functional groups attached to an aromatic ring is 1. The molecule has 4 nitrogen and oxygen atoms in total. The Balaban J connectivity index is 2.54. The third-order valence-electron chi connectivity index (χ3n) is 2.37. The molecule has 0 amide bonds. The van der Waals surface area contributed by atoms with Crippen molar-refractivity contribution in [2.75, 3.05) is 12.3 Å². The molecule has 0 saturated heterocycles. The first-order valence-electron chi connectivity index (χ1n) is 5.27. The van der Waals surface area contributed by atoms with E-state index in [-0.39, 0.29) is 5.88 Å². The van der Waals surface area contributed by atoms with Gasteiger partial charge in [0.25, 0.3) is 0 Å². The van der Waals surface area contributed by atoms with Crippen LogP contribution in [-0.4, -0.2) is 11.8 Å². The minimum atomic E-state index is 0.263. The van der Waals surface area contributed by atoms with Crippen LogP contribution >= 0.6 is 11.6 Å². The van der Waals surface area contributed by atoms with E-state index in [0.29, 0.717) is 17.3 Å². The molecule has 1 aromatic heterocycles. The number of nitrogens with two attached hydrogens (primary N) is 1. The van der Waals surface area contributed by atoms with Gasteiger partial charge >= 0.3 is 0 Å². The number of nitrogens with zero attached hydrogens (tertiary/aromatic N) is 1. The second-order valence-electron chi connectivity index (χ2n) is 3.65. The fraction of sp³-hybridized carbons (Fsp3) is 0.250. The normalized spacial score (nSPS) is 10.5. The Bertz CT molecular complexity index is 537. The maximum atomic E-state index is 6.10. The summed E-state index contributed by atoms with van der Waals surface area (Å²) >= 11 is 6.10. The summed E-state index contributed by atoms with van der Waals surface area (Å²) in [5, 5.41) is 4.52. The largest absolute Gasteiger partial charge is 0.493 e. The Morgan fingerprint density at radius 1 is 1.41 bits per heavy atom. The lowest BCUT2D eigenvalue weighted by atomic mass is 10.1. The van der Waals surface area contributed by atoms with Gasteiger partial charge in [0.15, 0.2) is 0 Å². The smallest absolute Gasteiger partial charge is 0.222 e. The van der Waals surface area contributed by atoms with Crippen molar-refractivity contribution in [1.29, 1.82) is 0 Å². The first-order valence-corrected chi connectivity index (χ1v) is 5.65. The van der Waals surface area contributed by atoms with E-state index in [4.69, 9.17) is 26.6 Å². The molecule has 17 heavy (non-hydrogen) atoms. The van der Waals surface area contributed by atoms with Gasteiger partial charge in [-0.25, -0.2) is 0 Å². The van der Waals surface area contributed by atoms with Crippen molar-refractivity contribution in [1.82, 2.24) is 5.16 Å². The predicted molar refractivity (Wildman–Crippen MR) is 67.3 cm³/mol. The lowest BCUT2D eigenvalue weighted by Crippen LogP contribution is -1.95. The fourth-order valence-corrected chi connectivity index (χ4v) is 1.71. The van der Waals surface area contributed by atoms with Gasteiger partial charge in [0.1, 0.15) is 11.4 Å². The number of rotatable bonds is 3. The fourth-order valence-electron chi connectivity index (χ4n) is 1.55. The number of aromatic nitrogens is 1. The molecular formula is C12H13ClN2O2. The molecule has 1 aromatic carbocycles. The molecule has 0 aliphatic heterocycles. The topological polar surface area (TPSA) is 61.3 Å². The van der Waals surface area contributed by atoms with Crippen LogP contribution in [-0.2, 0) is 0 Å². The van der Waals surface area contributed by atoms with E-state index in [2.05, 4.69) is 5.16 Å². The summed E-state index contributed by atoms with van der Waals surface area (Å²) < 4.78 is 10.4. The molecule has 0 aliphatic carbocycles. The maximum Gasteiger partial charge on any atom is 0.222 e. The molecular weight excluding hydrogens is 240 g/mol. The lowest BCUT2D eigenvalue weighted by Gasteiger charge is -2.10. The molecule has 2 aromatic rings. The highest BCUT2D eigenvalue weighted by molar-refractivity contribution is 6.31. The number of anilines is 1. The highest BCUT2D eigenvalue weighted by atomic mass is 35.5. The minimum absolute atomic E-state index is 0.263. The van der Waals surface area contributed by atoms with E-state index < -0.39 is 0 Å². The van der Waals surface area contributed by atoms with Gasteiger partial charge in [0.2, 0.25) is 5.88 Å². The third-order valence-corrected chi connectivity index (χ3v) is 2.77. The molecule has 0 saturated carbocycles. The molecule has 0 bridgehead atoms. The van der Waals surface area contributed by atoms with E-state index >= 15 is 0 Å². The molecule has 0 unspecified atom stereocenters. The van der Waals surface area contributed by atoms with Crippen LogP contribution < -0.4 is 10.5 Å². The van der Waals surface area contributed by atoms with Crippen molar-refractivity contribution in [3.8, 4) is 17.0 Å². The van der Waals surface area contributed by atoms with Crippen LogP contribution in [0.3, 0.4) is 0 Å². The molecule has 2 N–H and O–H groups in total. The molecule has 0 spiro atoms. The first-order chi connectivity index (χ1) is 8.11. The average molecular weight is 253 g/mol. The van der Waals surface area contributed by atoms with Gasteiger partial charge in [0.05, 0.1) is 6.61 Å². The zero-order chi connectivity index (χ0) is 12.4. The zero-order valence-electron chi connectivity index (χ0n) is 9.66. The van der Waals surface area contributed by atoms with Gasteiger partial charge < -0.3 is 15.0 Å². The Labute approximate surface area is 104 Å². The van der Waals surface area contributed by atoms with Crippen molar-refractivity contribution in [2.45, 2.75) is 13.8 Å². The minimum Gasteiger partial charge on any atom is -0.493 e. The monoisotopic (exact) mass is 252 g/mol. The van der Waals surface area contributed by atoms with Crippen LogP contribution in [0, 0.1) is 6.92 Å². The van der Waals surface area contributed by atoms with Crippen molar-refractivity contribution in [3.63, 3.8) is 0 Å². The summed E-state index contributed by atoms with van der Waals surface area (Å²) in [6.45, 7) is 4.41. The number of hydrogen-bond acceptors (Lipinski definition) is 4. The summed E-state index contributed by atoms with van der Waals surface area (Å²) in [5.74, 6) is 0.988. The SMILES string of the molecule is CCOc1cc(C)c(Cl)cc1-c1cc(N)on1. The average Bonchev–Trinajstić information content (AvgIpc) is 2.70. The first kappa shape index (κ1) is 11.8. The highest BCUT2D eigenvalue weighted by Crippen LogP contribution is 2.34. The molecule has 1 heterocycles. The van der Waals surface area contributed by atoms with E-state index in [9.17, 15) is 0 Å². The van der Waals surface area contributed by atoms with Gasteiger partial charge in [-0.05, 0) is 31.5 Å². The molecule has 5 heteroatoms. The molecule has 0 fully saturated rings. The zero-order valence-corrected chi connectivity index (χ0v) is 10.4. The van der Waals surface area contributed by atoms with Crippen LogP contribution in [0.1, 0.15) is 12.5 Å². The molecule has 90 valence electrons. The van der Waals surface area contributed by atoms with Crippen LogP contribution in [0.25, 0.3) is 11.3 Å². The summed E-state index contributed by atoms with van der Waals surface area (Å²) in [6, 6.07) is 5.33. The second kappa shape index (κ2) is 4.67. The molecule has 2 rings (SSSR count). The number of aryl methyl sites for hydroxylation is 1. The molecule has 0 aliphatic rings. The summed E-state index contributed by atoms with van der Waals surface area (Å²) in [7, 11) is 0. The van der Waals surface area contributed by atoms with E-state index in [1.165, 1.54) is 0 Å². The number of ether oxygens (including phenoxy) is 1. The van der Waals surface area contributed by atoms with Gasteiger partial charge in [-0.2, -0.15) is 0 Å². The van der Waals surface area contributed by atoms with Crippen molar-refractivity contribution in [3.05, 3.63) is 28.8 Å². The lowest BCUT2D eigenvalue weighted by molar-refractivity contribution is 0.341. The number of hydrogen-bond donors (Lipinski definition) is 1. The Kier molecular flexibility index (Phi) is 3.24. The van der Waals surface area contributed by atoms with Gasteiger partial charge in [0, 0.05) is 16.7 Å². The van der Waals surface area contributed by atoms with Gasteiger partial charge in [-0.1, -0.05) is 16.8 Å². The third kappa shape index (κ3) is 2.36. The Morgan fingerprint density at radius 2 is 2.18 bits per heavy atom. The maximum absolute atomic E-state index is 6.10. The summed E-state index contributed by atoms with van der Waals surface area (Å²) in [5.41, 5.74) is 7.86. The van der Waals surface area contributed by atoms with E-state index in [0.717, 1.165) is 16.9 Å². The van der Waals surface area contributed by atoms with Crippen LogP contribution in [0.15, 0.2) is 22.7 Å². The van der Waals surface area contributed by atoms with Crippen LogP contribution in [0.2, 0.25) is 5.02 Å². The Hall–Kier alpha value is -1.68. The van der Waals surface area contributed by atoms with E-state index in [1.807, 2.05) is 19.9 Å². The summed E-state index contributed by atoms with van der Waals surface area (Å²) in [4.78, 5) is 0. The Morgan fingerprint density at radius 3 is 2.76 bits per heavy atom. The second-order valence-corrected chi connectivity index (χ2v) is 4.05. The van der Waals surface area contributed by atoms with Crippen molar-refractivity contribution < 1.29 is 9.26 Å². The van der Waals surface area contributed by atoms with Crippen LogP contribution in [0.5, 0.6) is 5.75 Å². The van der Waals surface area contributed by atoms with Gasteiger partial charge in [-0.3, -0.25) is 0 Å². The highest BCUT2D eigenvalue weighted by Gasteiger charge is 2.13. The van der Waals surface area contributed by atoms with Crippen LogP contribution in [0.4, 0.5) is 5.88 Å². The number of halogens is 1. The van der Waals surface area contributed by atoms with Crippen molar-refractivity contribution in [2.24, 2.45) is 0 Å². The molecule has 0 radical (unpaired) electrons. The van der Waals surface area contributed by atoms with E-state index in [1.54, 1.807) is 12.1 Å².